The number of methoxy groups -OCH3 is 1. The van der Waals surface area contributed by atoms with Crippen LogP contribution in [0.15, 0.2) is 21.9 Å². The molecule has 1 aliphatic heterocycles. The van der Waals surface area contributed by atoms with Gasteiger partial charge in [0.1, 0.15) is 18.3 Å². The van der Waals surface area contributed by atoms with E-state index in [-0.39, 0.29) is 5.56 Å². The summed E-state index contributed by atoms with van der Waals surface area (Å²) in [4.78, 5) is 37.0. The smallest absolute Gasteiger partial charge is 0.380 e. The number of carbonyl (C=O) groups excluding carboxylic acids is 1. The van der Waals surface area contributed by atoms with Crippen molar-refractivity contribution in [1.29, 1.82) is 0 Å². The second-order valence-corrected chi connectivity index (χ2v) is 9.64. The molecular weight excluding hydrogens is 430 g/mol. The third-order valence-corrected chi connectivity index (χ3v) is 4.63. The molecule has 0 aliphatic carbocycles. The minimum absolute atomic E-state index is 0.115. The van der Waals surface area contributed by atoms with Gasteiger partial charge in [0, 0.05) is 12.3 Å². The maximum Gasteiger partial charge on any atom is 0.380 e. The highest BCUT2D eigenvalue weighted by Gasteiger charge is 2.45. The maximum absolute atomic E-state index is 12.1. The molecule has 1 aromatic rings. The molecule has 4 atom stereocenters. The van der Waals surface area contributed by atoms with Crippen LogP contribution >= 0.6 is 28.6 Å². The predicted molar refractivity (Wildman–Crippen MR) is 93.6 cm³/mol. The Balaban J connectivity index is 2.30. The number of ether oxygens (including phenoxy) is 2. The minimum Gasteiger partial charge on any atom is -0.466 e. The molecular formula is C13H15Cl2N2O9P. The van der Waals surface area contributed by atoms with Crippen LogP contribution in [0.3, 0.4) is 0 Å². The van der Waals surface area contributed by atoms with Crippen molar-refractivity contribution in [1.82, 2.24) is 9.55 Å². The lowest BCUT2D eigenvalue weighted by atomic mass is 10.1. The summed E-state index contributed by atoms with van der Waals surface area (Å²) in [5.41, 5.74) is -1.85. The van der Waals surface area contributed by atoms with Crippen molar-refractivity contribution in [3.8, 4) is 0 Å². The molecule has 2 heterocycles. The van der Waals surface area contributed by atoms with Crippen LogP contribution in [-0.4, -0.2) is 57.8 Å². The fourth-order valence-corrected chi connectivity index (χ4v) is 2.95. The highest BCUT2D eigenvalue weighted by molar-refractivity contribution is 8.05. The topological polar surface area (TPSA) is 157 Å². The van der Waals surface area contributed by atoms with E-state index in [1.54, 1.807) is 0 Å². The Bertz CT molecular complexity index is 893. The summed E-state index contributed by atoms with van der Waals surface area (Å²) in [5.74, 6) is -0.733. The van der Waals surface area contributed by atoms with Crippen molar-refractivity contribution < 1.29 is 33.6 Å². The number of aromatic nitrogens is 2. The molecule has 0 radical (unpaired) electrons. The van der Waals surface area contributed by atoms with E-state index in [2.05, 4.69) is 9.26 Å². The Hall–Kier alpha value is -1.46. The van der Waals surface area contributed by atoms with Crippen LogP contribution in [0.5, 0.6) is 0 Å². The largest absolute Gasteiger partial charge is 0.466 e. The van der Waals surface area contributed by atoms with Gasteiger partial charge in [-0.3, -0.25) is 18.9 Å². The molecule has 0 aromatic carbocycles. The first-order valence-electron chi connectivity index (χ1n) is 7.30. The Morgan fingerprint density at radius 2 is 2.07 bits per heavy atom. The normalized spacial score (nSPS) is 25.8. The van der Waals surface area contributed by atoms with Gasteiger partial charge in [0.25, 0.3) is 5.56 Å². The van der Waals surface area contributed by atoms with Crippen molar-refractivity contribution in [3.63, 3.8) is 0 Å². The molecule has 3 N–H and O–H groups in total. The number of carbonyl (C=O) groups is 1. The minimum atomic E-state index is -3.90. The lowest BCUT2D eigenvalue weighted by molar-refractivity contribution is -0.134. The van der Waals surface area contributed by atoms with Gasteiger partial charge in [0.05, 0.1) is 19.3 Å². The fraction of sp³-hybridized carbons (Fsp3) is 0.462. The molecule has 27 heavy (non-hydrogen) atoms. The standard InChI is InChI=1S/C13H15Cl2N2O9P/c1-24-8(18)3-2-6-4-17(13(22)16-11(6)21)12-10(20)9(19)7(26-12)5-25-27(14,15)23/h2-4,7,9-10,12,19-20H,5H2,1H3,(H,16,21,22)/b3-2+/t7-,9?,10+,12-/m1/s1. The molecule has 1 aliphatic rings. The molecule has 1 saturated heterocycles. The number of hydrogen-bond donors (Lipinski definition) is 3. The molecule has 1 fully saturated rings. The van der Waals surface area contributed by atoms with Gasteiger partial charge in [0.2, 0.25) is 0 Å². The summed E-state index contributed by atoms with van der Waals surface area (Å²) in [7, 11) is 1.14. The lowest BCUT2D eigenvalue weighted by Crippen LogP contribution is -2.38. The molecule has 1 aromatic heterocycles. The quantitative estimate of drug-likeness (QED) is 0.310. The highest BCUT2D eigenvalue weighted by Crippen LogP contribution is 2.57. The highest BCUT2D eigenvalue weighted by atomic mass is 35.9. The first kappa shape index (κ1) is 21.8. The van der Waals surface area contributed by atoms with Crippen LogP contribution in [0.25, 0.3) is 6.08 Å². The predicted octanol–water partition coefficient (Wildman–Crippen LogP) is -0.0557. The number of nitrogens with zero attached hydrogens (tertiary/aromatic N) is 1. The van der Waals surface area contributed by atoms with Crippen LogP contribution in [0, 0.1) is 0 Å². The fourth-order valence-electron chi connectivity index (χ4n) is 2.29. The lowest BCUT2D eigenvalue weighted by Gasteiger charge is -2.17. The number of halogens is 2. The first-order valence-corrected chi connectivity index (χ1v) is 10.7. The number of aromatic amines is 1. The van der Waals surface area contributed by atoms with Crippen LogP contribution in [0.1, 0.15) is 11.8 Å². The molecule has 0 amide bonds. The molecule has 11 nitrogen and oxygen atoms in total. The summed E-state index contributed by atoms with van der Waals surface area (Å²) in [6.07, 6.45) is -6.56. The Morgan fingerprint density at radius 1 is 1.41 bits per heavy atom. The van der Waals surface area contributed by atoms with Crippen LogP contribution in [0.2, 0.25) is 0 Å². The third kappa shape index (κ3) is 5.52. The summed E-state index contributed by atoms with van der Waals surface area (Å²) in [5, 5.41) is 20.2. The SMILES string of the molecule is COC(=O)/C=C/c1cn([C@@H]2O[C@H](COP(=O)(Cl)Cl)C(O)[C@@H]2O)c(=O)[nH]c1=O. The number of nitrogens with one attached hydrogen (secondary N) is 1. The van der Waals surface area contributed by atoms with E-state index < -0.39 is 54.4 Å². The van der Waals surface area contributed by atoms with E-state index in [0.717, 1.165) is 30.0 Å². The summed E-state index contributed by atoms with van der Waals surface area (Å²) in [6.45, 7) is -0.522. The van der Waals surface area contributed by atoms with Gasteiger partial charge in [-0.05, 0) is 28.6 Å². The van der Waals surface area contributed by atoms with Crippen molar-refractivity contribution >= 4 is 40.6 Å². The number of H-pyrrole nitrogens is 1. The van der Waals surface area contributed by atoms with E-state index >= 15 is 0 Å². The van der Waals surface area contributed by atoms with E-state index in [0.29, 0.717) is 0 Å². The molecule has 0 saturated carbocycles. The Kier molecular flexibility index (Phi) is 7.03. The first-order chi connectivity index (χ1) is 12.5. The average molecular weight is 445 g/mol. The van der Waals surface area contributed by atoms with Gasteiger partial charge < -0.3 is 24.2 Å². The number of aliphatic hydroxyl groups excluding tert-OH is 2. The summed E-state index contributed by atoms with van der Waals surface area (Å²) in [6, 6.07) is 0. The monoisotopic (exact) mass is 444 g/mol. The number of hydrogen-bond acceptors (Lipinski definition) is 9. The second kappa shape index (κ2) is 8.70. The van der Waals surface area contributed by atoms with Gasteiger partial charge >= 0.3 is 17.7 Å². The van der Waals surface area contributed by atoms with Gasteiger partial charge in [-0.2, -0.15) is 0 Å². The molecule has 0 spiro atoms. The van der Waals surface area contributed by atoms with Crippen molar-refractivity contribution in [2.75, 3.05) is 13.7 Å². The van der Waals surface area contributed by atoms with Gasteiger partial charge in [0.15, 0.2) is 6.23 Å². The molecule has 0 bridgehead atoms. The van der Waals surface area contributed by atoms with E-state index in [4.69, 9.17) is 27.2 Å². The molecule has 2 rings (SSSR count). The molecule has 14 heteroatoms. The molecule has 150 valence electrons. The number of esters is 1. The van der Waals surface area contributed by atoms with E-state index in [1.807, 2.05) is 4.98 Å². The van der Waals surface area contributed by atoms with E-state index in [9.17, 15) is 29.2 Å². The zero-order valence-electron chi connectivity index (χ0n) is 13.7. The van der Waals surface area contributed by atoms with Crippen molar-refractivity contribution in [2.45, 2.75) is 24.5 Å². The number of rotatable bonds is 6. The maximum atomic E-state index is 12.1. The van der Waals surface area contributed by atoms with Crippen LogP contribution in [-0.2, 0) is 23.4 Å². The Morgan fingerprint density at radius 3 is 2.67 bits per heavy atom. The van der Waals surface area contributed by atoms with Gasteiger partial charge in [-0.15, -0.1) is 0 Å². The zero-order chi connectivity index (χ0) is 20.4. The van der Waals surface area contributed by atoms with Gasteiger partial charge in [-0.1, -0.05) is 0 Å². The third-order valence-electron chi connectivity index (χ3n) is 3.60. The number of aliphatic hydroxyl groups is 2. The van der Waals surface area contributed by atoms with E-state index in [1.165, 1.54) is 0 Å². The zero-order valence-corrected chi connectivity index (χ0v) is 16.1. The molecule has 1 unspecified atom stereocenters. The van der Waals surface area contributed by atoms with Crippen LogP contribution in [0.4, 0.5) is 0 Å². The van der Waals surface area contributed by atoms with Gasteiger partial charge in [-0.25, -0.2) is 9.59 Å². The van der Waals surface area contributed by atoms with Crippen LogP contribution < -0.4 is 11.2 Å². The average Bonchev–Trinajstić information content (AvgIpc) is 2.86. The Labute approximate surface area is 161 Å². The van der Waals surface area contributed by atoms with Crippen molar-refractivity contribution in [2.24, 2.45) is 0 Å². The summed E-state index contributed by atoms with van der Waals surface area (Å²) >= 11 is 10.5. The van der Waals surface area contributed by atoms with Crippen molar-refractivity contribution in [3.05, 3.63) is 38.7 Å². The summed E-state index contributed by atoms with van der Waals surface area (Å²) < 4.78 is 26.4. The second-order valence-electron chi connectivity index (χ2n) is 5.36.